The molecule has 1 nitrogen and oxygen atoms in total. The summed E-state index contributed by atoms with van der Waals surface area (Å²) in [6, 6.07) is 6.67. The normalized spacial score (nSPS) is 14.5. The van der Waals surface area contributed by atoms with Crippen LogP contribution in [0.4, 0.5) is 4.39 Å². The van der Waals surface area contributed by atoms with Gasteiger partial charge in [-0.25, -0.2) is 4.39 Å². The van der Waals surface area contributed by atoms with Crippen LogP contribution in [0.5, 0.6) is 0 Å². The maximum atomic E-state index is 13.5. The topological polar surface area (TPSA) is 26.0 Å². The Hall–Kier alpha value is -0.610. The predicted octanol–water partition coefficient (Wildman–Crippen LogP) is 4.61. The van der Waals surface area contributed by atoms with Crippen molar-refractivity contribution < 1.29 is 4.39 Å². The number of hydrogen-bond acceptors (Lipinski definition) is 2. The molecule has 1 atom stereocenters. The van der Waals surface area contributed by atoms with Gasteiger partial charge < -0.3 is 5.73 Å². The van der Waals surface area contributed by atoms with Crippen molar-refractivity contribution in [2.45, 2.75) is 18.9 Å². The molecule has 0 spiro atoms. The summed E-state index contributed by atoms with van der Waals surface area (Å²) < 4.78 is 13.5. The molecule has 0 aliphatic rings. The molecule has 2 N–H and O–H groups in total. The van der Waals surface area contributed by atoms with Crippen molar-refractivity contribution in [1.29, 1.82) is 0 Å². The lowest BCUT2D eigenvalue weighted by molar-refractivity contribution is 0.490. The van der Waals surface area contributed by atoms with E-state index in [4.69, 9.17) is 28.9 Å². The molecule has 5 heteroatoms. The molecule has 96 valence electrons. The van der Waals surface area contributed by atoms with Gasteiger partial charge in [-0.1, -0.05) is 29.3 Å². The summed E-state index contributed by atoms with van der Waals surface area (Å²) in [4.78, 5) is 1.13. The van der Waals surface area contributed by atoms with Crippen LogP contribution >= 0.6 is 34.5 Å². The average molecular weight is 304 g/mol. The minimum Gasteiger partial charge on any atom is -0.321 e. The maximum Gasteiger partial charge on any atom is 0.142 e. The van der Waals surface area contributed by atoms with E-state index in [0.717, 1.165) is 4.88 Å². The Labute approximate surface area is 119 Å². The highest BCUT2D eigenvalue weighted by Gasteiger charge is 2.26. The zero-order valence-electron chi connectivity index (χ0n) is 9.71. The molecular weight excluding hydrogens is 292 g/mol. The van der Waals surface area contributed by atoms with Crippen molar-refractivity contribution >= 4 is 34.5 Å². The third-order valence-corrected chi connectivity index (χ3v) is 4.23. The first-order valence-electron chi connectivity index (χ1n) is 5.36. The lowest BCUT2D eigenvalue weighted by atomic mass is 9.89. The zero-order chi connectivity index (χ0) is 13.3. The number of nitrogens with two attached hydrogens (primary N) is 1. The van der Waals surface area contributed by atoms with Crippen LogP contribution in [0.3, 0.4) is 0 Å². The van der Waals surface area contributed by atoms with E-state index < -0.39 is 11.4 Å². The van der Waals surface area contributed by atoms with Gasteiger partial charge in [0.2, 0.25) is 0 Å². The first-order chi connectivity index (χ1) is 8.40. The van der Waals surface area contributed by atoms with Crippen molar-refractivity contribution in [2.24, 2.45) is 5.73 Å². The second kappa shape index (κ2) is 5.17. The summed E-state index contributed by atoms with van der Waals surface area (Å²) in [6.07, 6.45) is 0.603. The van der Waals surface area contributed by atoms with Crippen LogP contribution in [0.1, 0.15) is 17.4 Å². The fourth-order valence-electron chi connectivity index (χ4n) is 1.83. The average Bonchev–Trinajstić information content (AvgIpc) is 2.75. The molecule has 0 aliphatic carbocycles. The SMILES string of the molecule is CC(N)(Cc1cccs1)c1cc(F)c(Cl)cc1Cl. The highest BCUT2D eigenvalue weighted by atomic mass is 35.5. The molecule has 1 heterocycles. The summed E-state index contributed by atoms with van der Waals surface area (Å²) >= 11 is 13.4. The smallest absolute Gasteiger partial charge is 0.142 e. The Morgan fingerprint density at radius 3 is 2.67 bits per heavy atom. The maximum absolute atomic E-state index is 13.5. The lowest BCUT2D eigenvalue weighted by Crippen LogP contribution is -2.35. The van der Waals surface area contributed by atoms with Gasteiger partial charge >= 0.3 is 0 Å². The minimum absolute atomic E-state index is 0.00988. The molecule has 2 aromatic rings. The summed E-state index contributed by atoms with van der Waals surface area (Å²) in [5.74, 6) is -0.501. The molecule has 0 fully saturated rings. The number of thiophene rings is 1. The van der Waals surface area contributed by atoms with Gasteiger partial charge in [-0.05, 0) is 36.1 Å². The number of rotatable bonds is 3. The van der Waals surface area contributed by atoms with E-state index >= 15 is 0 Å². The van der Waals surface area contributed by atoms with Gasteiger partial charge in [-0.3, -0.25) is 0 Å². The molecule has 0 amide bonds. The van der Waals surface area contributed by atoms with Crippen LogP contribution in [0, 0.1) is 5.82 Å². The summed E-state index contributed by atoms with van der Waals surface area (Å²) in [7, 11) is 0. The molecule has 1 unspecified atom stereocenters. The van der Waals surface area contributed by atoms with Crippen molar-refractivity contribution in [3.8, 4) is 0 Å². The molecule has 0 radical (unpaired) electrons. The molecule has 0 saturated heterocycles. The van der Waals surface area contributed by atoms with Crippen molar-refractivity contribution in [3.05, 3.63) is 55.9 Å². The number of benzene rings is 1. The second-order valence-electron chi connectivity index (χ2n) is 4.42. The zero-order valence-corrected chi connectivity index (χ0v) is 12.0. The largest absolute Gasteiger partial charge is 0.321 e. The Kier molecular flexibility index (Phi) is 3.97. The third-order valence-electron chi connectivity index (χ3n) is 2.75. The second-order valence-corrected chi connectivity index (χ2v) is 6.27. The molecule has 18 heavy (non-hydrogen) atoms. The van der Waals surface area contributed by atoms with Gasteiger partial charge in [0.1, 0.15) is 5.82 Å². The van der Waals surface area contributed by atoms with E-state index in [1.807, 2.05) is 24.4 Å². The molecular formula is C13H12Cl2FNS. The molecule has 0 saturated carbocycles. The van der Waals surface area contributed by atoms with E-state index in [2.05, 4.69) is 0 Å². The van der Waals surface area contributed by atoms with Gasteiger partial charge in [-0.2, -0.15) is 0 Å². The molecule has 2 rings (SSSR count). The standard InChI is InChI=1S/C13H12Cl2FNS/c1-13(17,7-8-3-2-4-18-8)9-5-12(16)11(15)6-10(9)14/h2-6H,7,17H2,1H3. The highest BCUT2D eigenvalue weighted by Crippen LogP contribution is 2.33. The van der Waals surface area contributed by atoms with Crippen LogP contribution < -0.4 is 5.73 Å². The lowest BCUT2D eigenvalue weighted by Gasteiger charge is -2.26. The van der Waals surface area contributed by atoms with Gasteiger partial charge in [0.05, 0.1) is 5.02 Å². The fraction of sp³-hybridized carbons (Fsp3) is 0.231. The first kappa shape index (κ1) is 13.8. The van der Waals surface area contributed by atoms with Crippen molar-refractivity contribution in [2.75, 3.05) is 0 Å². The molecule has 1 aromatic carbocycles. The summed E-state index contributed by atoms with van der Waals surface area (Å²) in [5.41, 5.74) is 6.10. The Morgan fingerprint density at radius 2 is 2.06 bits per heavy atom. The highest BCUT2D eigenvalue weighted by molar-refractivity contribution is 7.09. The van der Waals surface area contributed by atoms with Crippen LogP contribution in [-0.2, 0) is 12.0 Å². The van der Waals surface area contributed by atoms with Gasteiger partial charge in [0.25, 0.3) is 0 Å². The minimum atomic E-state index is -0.729. The van der Waals surface area contributed by atoms with Crippen LogP contribution in [0.25, 0.3) is 0 Å². The van der Waals surface area contributed by atoms with E-state index in [1.165, 1.54) is 12.1 Å². The Balaban J connectivity index is 2.37. The van der Waals surface area contributed by atoms with Crippen LogP contribution in [-0.4, -0.2) is 0 Å². The van der Waals surface area contributed by atoms with E-state index in [0.29, 0.717) is 17.0 Å². The number of halogens is 3. The number of hydrogen-bond donors (Lipinski definition) is 1. The monoisotopic (exact) mass is 303 g/mol. The van der Waals surface area contributed by atoms with Gasteiger partial charge in [-0.15, -0.1) is 11.3 Å². The first-order valence-corrected chi connectivity index (χ1v) is 7.00. The van der Waals surface area contributed by atoms with E-state index in [1.54, 1.807) is 11.3 Å². The molecule has 0 aliphatic heterocycles. The fourth-order valence-corrected chi connectivity index (χ4v) is 3.30. The van der Waals surface area contributed by atoms with Crippen molar-refractivity contribution in [1.82, 2.24) is 0 Å². The third kappa shape index (κ3) is 2.86. The van der Waals surface area contributed by atoms with Crippen LogP contribution in [0.15, 0.2) is 29.6 Å². The quantitative estimate of drug-likeness (QED) is 0.823. The van der Waals surface area contributed by atoms with E-state index in [-0.39, 0.29) is 5.02 Å². The Bertz CT molecular complexity index is 552. The van der Waals surface area contributed by atoms with Gasteiger partial charge in [0.15, 0.2) is 0 Å². The molecule has 0 bridgehead atoms. The van der Waals surface area contributed by atoms with Gasteiger partial charge in [0, 0.05) is 21.9 Å². The molecule has 1 aromatic heterocycles. The summed E-state index contributed by atoms with van der Waals surface area (Å²) in [5, 5.41) is 2.38. The van der Waals surface area contributed by atoms with Crippen LogP contribution in [0.2, 0.25) is 10.0 Å². The predicted molar refractivity (Wildman–Crippen MR) is 76.0 cm³/mol. The van der Waals surface area contributed by atoms with E-state index in [9.17, 15) is 4.39 Å². The Morgan fingerprint density at radius 1 is 1.33 bits per heavy atom. The summed E-state index contributed by atoms with van der Waals surface area (Å²) in [6.45, 7) is 1.83. The van der Waals surface area contributed by atoms with Crippen molar-refractivity contribution in [3.63, 3.8) is 0 Å².